The number of thiophene rings is 1. The minimum Gasteiger partial charge on any atom is -0.469 e. The molecular formula is C20H25N3O4S. The van der Waals surface area contributed by atoms with E-state index in [4.69, 9.17) is 4.74 Å². The molecule has 0 spiro atoms. The Morgan fingerprint density at radius 3 is 2.54 bits per heavy atom. The minimum absolute atomic E-state index is 0.0644. The number of carbonyl (C=O) groups is 3. The summed E-state index contributed by atoms with van der Waals surface area (Å²) in [6.45, 7) is 0.692. The second kappa shape index (κ2) is 11.1. The van der Waals surface area contributed by atoms with Gasteiger partial charge in [-0.15, -0.1) is 11.3 Å². The number of methoxy groups -OCH3 is 1. The molecule has 1 aromatic carbocycles. The minimum atomic E-state index is -0.434. The monoisotopic (exact) mass is 403 g/mol. The number of hydrogen-bond donors (Lipinski definition) is 2. The van der Waals surface area contributed by atoms with Crippen molar-refractivity contribution >= 4 is 29.2 Å². The van der Waals surface area contributed by atoms with Gasteiger partial charge in [-0.05, 0) is 17.0 Å². The van der Waals surface area contributed by atoms with Crippen molar-refractivity contribution in [3.8, 4) is 0 Å². The largest absolute Gasteiger partial charge is 0.469 e. The second-order valence-electron chi connectivity index (χ2n) is 6.24. The predicted molar refractivity (Wildman–Crippen MR) is 108 cm³/mol. The average molecular weight is 404 g/mol. The molecule has 2 N–H and O–H groups in total. The number of nitrogens with zero attached hydrogens (tertiary/aromatic N) is 1. The van der Waals surface area contributed by atoms with Crippen LogP contribution in [0.15, 0.2) is 47.8 Å². The van der Waals surface area contributed by atoms with Gasteiger partial charge in [0.25, 0.3) is 0 Å². The fourth-order valence-corrected chi connectivity index (χ4v) is 3.35. The predicted octanol–water partition coefficient (Wildman–Crippen LogP) is 2.70. The number of amides is 3. The highest BCUT2D eigenvalue weighted by atomic mass is 32.1. The van der Waals surface area contributed by atoms with Gasteiger partial charge in [0.1, 0.15) is 0 Å². The van der Waals surface area contributed by atoms with Crippen LogP contribution in [0.1, 0.15) is 29.3 Å². The number of hydrogen-bond acceptors (Lipinski definition) is 5. The Kier molecular flexibility index (Phi) is 8.48. The SMILES string of the molecule is COC(=O)CC(NC(=O)CCNC(=O)N(C)Cc1ccccc1)c1cccs1. The molecule has 1 heterocycles. The van der Waals surface area contributed by atoms with Crippen molar-refractivity contribution in [2.45, 2.75) is 25.4 Å². The van der Waals surface area contributed by atoms with E-state index in [0.29, 0.717) is 6.54 Å². The molecular weight excluding hydrogens is 378 g/mol. The van der Waals surface area contributed by atoms with Gasteiger partial charge in [0.15, 0.2) is 0 Å². The van der Waals surface area contributed by atoms with Crippen LogP contribution in [0.25, 0.3) is 0 Å². The Bertz CT molecular complexity index is 765. The molecule has 0 radical (unpaired) electrons. The normalized spacial score (nSPS) is 11.4. The number of ether oxygens (including phenoxy) is 1. The molecule has 0 aliphatic carbocycles. The summed E-state index contributed by atoms with van der Waals surface area (Å²) in [5.74, 6) is -0.636. The number of urea groups is 1. The molecule has 0 fully saturated rings. The van der Waals surface area contributed by atoms with E-state index < -0.39 is 12.0 Å². The molecule has 28 heavy (non-hydrogen) atoms. The summed E-state index contributed by atoms with van der Waals surface area (Å²) in [5.41, 5.74) is 1.03. The van der Waals surface area contributed by atoms with Gasteiger partial charge in [0.05, 0.1) is 19.6 Å². The Labute approximate surface area is 168 Å². The van der Waals surface area contributed by atoms with Crippen LogP contribution in [0.2, 0.25) is 0 Å². The van der Waals surface area contributed by atoms with Gasteiger partial charge in [-0.25, -0.2) is 4.79 Å². The Morgan fingerprint density at radius 2 is 1.89 bits per heavy atom. The summed E-state index contributed by atoms with van der Waals surface area (Å²) in [6.07, 6.45) is 0.183. The quantitative estimate of drug-likeness (QED) is 0.630. The maximum Gasteiger partial charge on any atom is 0.317 e. The van der Waals surface area contributed by atoms with Crippen LogP contribution < -0.4 is 10.6 Å². The van der Waals surface area contributed by atoms with E-state index in [2.05, 4.69) is 10.6 Å². The summed E-state index contributed by atoms with van der Waals surface area (Å²) in [4.78, 5) is 38.4. The fourth-order valence-electron chi connectivity index (χ4n) is 2.58. The molecule has 7 nitrogen and oxygen atoms in total. The van der Waals surface area contributed by atoms with Crippen molar-refractivity contribution in [2.75, 3.05) is 20.7 Å². The summed E-state index contributed by atoms with van der Waals surface area (Å²) in [5, 5.41) is 7.45. The highest BCUT2D eigenvalue weighted by molar-refractivity contribution is 7.10. The van der Waals surface area contributed by atoms with Gasteiger partial charge in [0.2, 0.25) is 5.91 Å². The first-order valence-corrected chi connectivity index (χ1v) is 9.80. The zero-order valence-electron chi connectivity index (χ0n) is 16.0. The standard InChI is InChI=1S/C20H25N3O4S/c1-23(14-15-7-4-3-5-8-15)20(26)21-11-10-18(24)22-16(13-19(25)27-2)17-9-6-12-28-17/h3-9,12,16H,10-11,13-14H2,1-2H3,(H,21,26)(H,22,24). The van der Waals surface area contributed by atoms with E-state index >= 15 is 0 Å². The third-order valence-corrected chi connectivity index (χ3v) is 5.04. The molecule has 0 aliphatic rings. The molecule has 1 aromatic heterocycles. The van der Waals surface area contributed by atoms with Gasteiger partial charge in [-0.3, -0.25) is 9.59 Å². The van der Waals surface area contributed by atoms with Crippen molar-refractivity contribution in [1.82, 2.24) is 15.5 Å². The van der Waals surface area contributed by atoms with Crippen LogP contribution in [0.5, 0.6) is 0 Å². The topological polar surface area (TPSA) is 87.7 Å². The Morgan fingerprint density at radius 1 is 1.14 bits per heavy atom. The van der Waals surface area contributed by atoms with Crippen LogP contribution in [0, 0.1) is 0 Å². The average Bonchev–Trinajstić information content (AvgIpc) is 3.22. The Balaban J connectivity index is 1.77. The molecule has 150 valence electrons. The molecule has 0 saturated heterocycles. The lowest BCUT2D eigenvalue weighted by atomic mass is 10.1. The Hall–Kier alpha value is -2.87. The number of rotatable bonds is 9. The molecule has 2 aromatic rings. The van der Waals surface area contributed by atoms with Crippen LogP contribution in [0.3, 0.4) is 0 Å². The van der Waals surface area contributed by atoms with Crippen LogP contribution in [-0.2, 0) is 20.9 Å². The third-order valence-electron chi connectivity index (χ3n) is 4.06. The van der Waals surface area contributed by atoms with Gasteiger partial charge >= 0.3 is 12.0 Å². The smallest absolute Gasteiger partial charge is 0.317 e. The highest BCUT2D eigenvalue weighted by Crippen LogP contribution is 2.22. The number of esters is 1. The molecule has 1 unspecified atom stereocenters. The van der Waals surface area contributed by atoms with Crippen LogP contribution in [-0.4, -0.2) is 43.5 Å². The molecule has 0 saturated carbocycles. The molecule has 0 bridgehead atoms. The lowest BCUT2D eigenvalue weighted by molar-refractivity contribution is -0.141. The molecule has 3 amide bonds. The van der Waals surface area contributed by atoms with E-state index in [1.807, 2.05) is 47.8 Å². The van der Waals surface area contributed by atoms with E-state index in [-0.39, 0.29) is 31.3 Å². The fraction of sp³-hybridized carbons (Fsp3) is 0.350. The molecule has 8 heteroatoms. The number of carbonyl (C=O) groups excluding carboxylic acids is 3. The van der Waals surface area contributed by atoms with E-state index in [1.165, 1.54) is 18.4 Å². The summed E-state index contributed by atoms with van der Waals surface area (Å²) in [7, 11) is 3.02. The maximum atomic E-state index is 12.2. The third kappa shape index (κ3) is 7.03. The van der Waals surface area contributed by atoms with Gasteiger partial charge in [-0.1, -0.05) is 36.4 Å². The lowest BCUT2D eigenvalue weighted by Gasteiger charge is -2.19. The van der Waals surface area contributed by atoms with E-state index in [9.17, 15) is 14.4 Å². The highest BCUT2D eigenvalue weighted by Gasteiger charge is 2.20. The number of benzene rings is 1. The van der Waals surface area contributed by atoms with Gasteiger partial charge < -0.3 is 20.3 Å². The van der Waals surface area contributed by atoms with E-state index in [0.717, 1.165) is 10.4 Å². The van der Waals surface area contributed by atoms with Crippen molar-refractivity contribution in [1.29, 1.82) is 0 Å². The van der Waals surface area contributed by atoms with Gasteiger partial charge in [0, 0.05) is 31.4 Å². The zero-order chi connectivity index (χ0) is 20.4. The maximum absolute atomic E-state index is 12.2. The summed E-state index contributed by atoms with van der Waals surface area (Å²) >= 11 is 1.46. The molecule has 0 aliphatic heterocycles. The van der Waals surface area contributed by atoms with Crippen molar-refractivity contribution in [2.24, 2.45) is 0 Å². The van der Waals surface area contributed by atoms with Crippen molar-refractivity contribution in [3.05, 3.63) is 58.3 Å². The van der Waals surface area contributed by atoms with Crippen LogP contribution >= 0.6 is 11.3 Å². The summed E-state index contributed by atoms with van der Waals surface area (Å²) in [6, 6.07) is 12.7. The first kappa shape index (κ1) is 21.4. The number of nitrogens with one attached hydrogen (secondary N) is 2. The first-order valence-electron chi connectivity index (χ1n) is 8.92. The first-order chi connectivity index (χ1) is 13.5. The van der Waals surface area contributed by atoms with Gasteiger partial charge in [-0.2, -0.15) is 0 Å². The van der Waals surface area contributed by atoms with Crippen LogP contribution in [0.4, 0.5) is 4.79 Å². The molecule has 2 rings (SSSR count). The molecule has 1 atom stereocenters. The summed E-state index contributed by atoms with van der Waals surface area (Å²) < 4.78 is 4.70. The lowest BCUT2D eigenvalue weighted by Crippen LogP contribution is -2.39. The van der Waals surface area contributed by atoms with Crippen molar-refractivity contribution < 1.29 is 19.1 Å². The van der Waals surface area contributed by atoms with Crippen molar-refractivity contribution in [3.63, 3.8) is 0 Å². The zero-order valence-corrected chi connectivity index (χ0v) is 16.8. The van der Waals surface area contributed by atoms with E-state index in [1.54, 1.807) is 11.9 Å². The second-order valence-corrected chi connectivity index (χ2v) is 7.22.